The van der Waals surface area contributed by atoms with E-state index in [-0.39, 0.29) is 55.8 Å². The van der Waals surface area contributed by atoms with Crippen molar-refractivity contribution in [1.29, 1.82) is 0 Å². The number of nitrogens with zero attached hydrogens (tertiary/aromatic N) is 1. The van der Waals surface area contributed by atoms with Gasteiger partial charge in [0.2, 0.25) is 5.91 Å². The molecule has 0 radical (unpaired) electrons. The normalized spacial score (nSPS) is 21.9. The van der Waals surface area contributed by atoms with Gasteiger partial charge in [0.1, 0.15) is 13.6 Å². The van der Waals surface area contributed by atoms with Crippen LogP contribution in [0.3, 0.4) is 0 Å². The molecule has 0 aliphatic carbocycles. The Balaban J connectivity index is 2.76. The predicted octanol–water partition coefficient (Wildman–Crippen LogP) is 1.81. The van der Waals surface area contributed by atoms with Crippen LogP contribution in [0.15, 0.2) is 0 Å². The lowest BCUT2D eigenvalue weighted by Crippen LogP contribution is -2.48. The van der Waals surface area contributed by atoms with E-state index in [9.17, 15) is 9.59 Å². The molecule has 8 nitrogen and oxygen atoms in total. The third kappa shape index (κ3) is 7.73. The lowest BCUT2D eigenvalue weighted by molar-refractivity contribution is -0.148. The van der Waals surface area contributed by atoms with Crippen LogP contribution in [0.25, 0.3) is 0 Å². The molecule has 1 heterocycles. The van der Waals surface area contributed by atoms with Crippen molar-refractivity contribution in [1.82, 2.24) is 4.90 Å². The van der Waals surface area contributed by atoms with E-state index in [1.54, 1.807) is 21.1 Å². The minimum absolute atomic E-state index is 0.0151. The first-order valence-corrected chi connectivity index (χ1v) is 9.57. The maximum atomic E-state index is 13.2. The van der Waals surface area contributed by atoms with Crippen LogP contribution in [0.1, 0.15) is 40.0 Å². The number of methoxy groups -OCH3 is 2. The van der Waals surface area contributed by atoms with Gasteiger partial charge in [0.05, 0.1) is 31.9 Å². The minimum Gasteiger partial charge on any atom is -0.466 e. The van der Waals surface area contributed by atoms with Gasteiger partial charge >= 0.3 is 5.97 Å². The van der Waals surface area contributed by atoms with Gasteiger partial charge in [0.15, 0.2) is 0 Å². The van der Waals surface area contributed by atoms with Crippen LogP contribution in [-0.2, 0) is 33.3 Å². The molecule has 158 valence electrons. The molecule has 0 N–H and O–H groups in total. The summed E-state index contributed by atoms with van der Waals surface area (Å²) in [6, 6.07) is -0.0536. The van der Waals surface area contributed by atoms with Gasteiger partial charge in [-0.15, -0.1) is 0 Å². The summed E-state index contributed by atoms with van der Waals surface area (Å²) in [5.41, 5.74) is 0. The van der Waals surface area contributed by atoms with E-state index in [0.29, 0.717) is 19.8 Å². The molecule has 1 amide bonds. The zero-order chi connectivity index (χ0) is 20.2. The summed E-state index contributed by atoms with van der Waals surface area (Å²) in [5.74, 6) is -0.673. The monoisotopic (exact) mass is 389 g/mol. The average molecular weight is 389 g/mol. The molecule has 1 fully saturated rings. The van der Waals surface area contributed by atoms with E-state index in [1.165, 1.54) is 0 Å². The fourth-order valence-electron chi connectivity index (χ4n) is 3.32. The second kappa shape index (κ2) is 13.0. The predicted molar refractivity (Wildman–Crippen MR) is 98.9 cm³/mol. The highest BCUT2D eigenvalue weighted by molar-refractivity contribution is 5.80. The van der Waals surface area contributed by atoms with Crippen molar-refractivity contribution in [2.24, 2.45) is 11.8 Å². The molecule has 0 spiro atoms. The van der Waals surface area contributed by atoms with Crippen molar-refractivity contribution in [3.05, 3.63) is 0 Å². The van der Waals surface area contributed by atoms with E-state index >= 15 is 0 Å². The number of amides is 1. The number of likely N-dealkylation sites (tertiary alicyclic amines) is 1. The summed E-state index contributed by atoms with van der Waals surface area (Å²) in [7, 11) is 3.14. The first-order valence-electron chi connectivity index (χ1n) is 9.57. The van der Waals surface area contributed by atoms with Gasteiger partial charge in [-0.25, -0.2) is 0 Å². The molecule has 0 aromatic rings. The van der Waals surface area contributed by atoms with Crippen LogP contribution in [0.5, 0.6) is 0 Å². The van der Waals surface area contributed by atoms with Crippen molar-refractivity contribution in [3.8, 4) is 0 Å². The Bertz CT molecular complexity index is 428. The smallest absolute Gasteiger partial charge is 0.306 e. The van der Waals surface area contributed by atoms with E-state index < -0.39 is 0 Å². The Morgan fingerprint density at radius 3 is 1.96 bits per heavy atom. The summed E-state index contributed by atoms with van der Waals surface area (Å²) in [4.78, 5) is 26.8. The second-order valence-corrected chi connectivity index (χ2v) is 6.96. The molecule has 0 unspecified atom stereocenters. The Hall–Kier alpha value is -1.22. The molecule has 0 aromatic heterocycles. The molecule has 1 rings (SSSR count). The number of esters is 1. The number of hydrogen-bond acceptors (Lipinski definition) is 7. The van der Waals surface area contributed by atoms with Gasteiger partial charge < -0.3 is 28.6 Å². The van der Waals surface area contributed by atoms with Crippen molar-refractivity contribution < 1.29 is 33.3 Å². The highest BCUT2D eigenvalue weighted by atomic mass is 16.7. The van der Waals surface area contributed by atoms with Gasteiger partial charge in [0, 0.05) is 26.6 Å². The quantitative estimate of drug-likeness (QED) is 0.270. The Kier molecular flexibility index (Phi) is 11.5. The molecule has 0 saturated carbocycles. The van der Waals surface area contributed by atoms with Crippen LogP contribution in [0.2, 0.25) is 0 Å². The second-order valence-electron chi connectivity index (χ2n) is 6.96. The zero-order valence-corrected chi connectivity index (χ0v) is 17.3. The highest BCUT2D eigenvalue weighted by Crippen LogP contribution is 2.29. The first kappa shape index (κ1) is 23.8. The van der Waals surface area contributed by atoms with E-state index in [1.807, 2.05) is 18.7 Å². The molecular formula is C19H35NO7. The summed E-state index contributed by atoms with van der Waals surface area (Å²) in [6.07, 6.45) is 1.91. The van der Waals surface area contributed by atoms with Crippen LogP contribution in [0, 0.1) is 11.8 Å². The van der Waals surface area contributed by atoms with Crippen molar-refractivity contribution >= 4 is 11.9 Å². The number of carbonyl (C=O) groups is 2. The van der Waals surface area contributed by atoms with Crippen molar-refractivity contribution in [2.45, 2.75) is 52.1 Å². The average Bonchev–Trinajstić information content (AvgIpc) is 3.03. The standard InChI is InChI=1S/C19H35NO7/c1-6-27-18(21)9-14(2)15(3)19(22)20-16(10-25-12-23-4)7-8-17(20)11-26-13-24-5/h14-17H,6-13H2,1-5H3/t14-,15-,16-,17-/m0/s1. The molecule has 0 bridgehead atoms. The molecule has 4 atom stereocenters. The molecule has 1 saturated heterocycles. The van der Waals surface area contributed by atoms with Crippen molar-refractivity contribution in [2.75, 3.05) is 47.6 Å². The molecule has 1 aliphatic heterocycles. The van der Waals surface area contributed by atoms with Gasteiger partial charge in [-0.05, 0) is 25.7 Å². The number of ether oxygens (including phenoxy) is 5. The number of carbonyl (C=O) groups excluding carboxylic acids is 2. The topological polar surface area (TPSA) is 83.5 Å². The summed E-state index contributed by atoms with van der Waals surface area (Å²) in [6.45, 7) is 7.11. The number of rotatable bonds is 13. The summed E-state index contributed by atoms with van der Waals surface area (Å²) < 4.78 is 25.9. The van der Waals surface area contributed by atoms with Crippen LogP contribution in [-0.4, -0.2) is 76.5 Å². The van der Waals surface area contributed by atoms with Crippen LogP contribution >= 0.6 is 0 Å². The molecule has 1 aliphatic rings. The Labute approximate surface area is 162 Å². The zero-order valence-electron chi connectivity index (χ0n) is 17.3. The molecular weight excluding hydrogens is 354 g/mol. The maximum absolute atomic E-state index is 13.2. The Morgan fingerprint density at radius 1 is 1.00 bits per heavy atom. The Morgan fingerprint density at radius 2 is 1.52 bits per heavy atom. The molecule has 0 aromatic carbocycles. The van der Waals surface area contributed by atoms with E-state index in [0.717, 1.165) is 12.8 Å². The SMILES string of the molecule is CCOC(=O)C[C@H](C)[C@H](C)C(=O)N1[C@H](COCOC)CC[C@H]1COCOC. The lowest BCUT2D eigenvalue weighted by Gasteiger charge is -2.34. The largest absolute Gasteiger partial charge is 0.466 e. The van der Waals surface area contributed by atoms with Gasteiger partial charge in [0.25, 0.3) is 0 Å². The lowest BCUT2D eigenvalue weighted by atomic mass is 9.91. The molecule has 27 heavy (non-hydrogen) atoms. The third-order valence-electron chi connectivity index (χ3n) is 4.93. The van der Waals surface area contributed by atoms with Crippen LogP contribution in [0.4, 0.5) is 0 Å². The fraction of sp³-hybridized carbons (Fsp3) is 0.895. The fourth-order valence-corrected chi connectivity index (χ4v) is 3.32. The minimum atomic E-state index is -0.303. The van der Waals surface area contributed by atoms with Gasteiger partial charge in [-0.2, -0.15) is 0 Å². The van der Waals surface area contributed by atoms with Crippen LogP contribution < -0.4 is 0 Å². The first-order chi connectivity index (χ1) is 13.0. The number of hydrogen-bond donors (Lipinski definition) is 0. The third-order valence-corrected chi connectivity index (χ3v) is 4.93. The highest BCUT2D eigenvalue weighted by Gasteiger charge is 2.40. The summed E-state index contributed by atoms with van der Waals surface area (Å²) >= 11 is 0. The maximum Gasteiger partial charge on any atom is 0.306 e. The van der Waals surface area contributed by atoms with Crippen molar-refractivity contribution in [3.63, 3.8) is 0 Å². The van der Waals surface area contributed by atoms with E-state index in [2.05, 4.69) is 0 Å². The van der Waals surface area contributed by atoms with Gasteiger partial charge in [-0.1, -0.05) is 13.8 Å². The van der Waals surface area contributed by atoms with E-state index in [4.69, 9.17) is 23.7 Å². The van der Waals surface area contributed by atoms with Gasteiger partial charge in [-0.3, -0.25) is 9.59 Å². The summed E-state index contributed by atoms with van der Waals surface area (Å²) in [5, 5.41) is 0. The molecule has 8 heteroatoms.